The van der Waals surface area contributed by atoms with Crippen molar-refractivity contribution >= 4 is 6.03 Å². The lowest BCUT2D eigenvalue weighted by atomic mass is 10.3. The van der Waals surface area contributed by atoms with Gasteiger partial charge in [-0.15, -0.1) is 0 Å². The smallest absolute Gasteiger partial charge is 0.319 e. The molecule has 0 spiro atoms. The van der Waals surface area contributed by atoms with Gasteiger partial charge in [0.05, 0.1) is 0 Å². The molecule has 1 aliphatic rings. The Labute approximate surface area is 72.8 Å². The van der Waals surface area contributed by atoms with Crippen LogP contribution in [-0.2, 0) is 0 Å². The van der Waals surface area contributed by atoms with Crippen LogP contribution in [0.2, 0.25) is 0 Å². The van der Waals surface area contributed by atoms with Gasteiger partial charge in [0.25, 0.3) is 0 Å². The molecule has 0 atom stereocenters. The van der Waals surface area contributed by atoms with Crippen molar-refractivity contribution in [3.05, 3.63) is 0 Å². The Hall–Kier alpha value is -0.770. The molecule has 1 aliphatic heterocycles. The van der Waals surface area contributed by atoms with Crippen molar-refractivity contribution in [3.8, 4) is 0 Å². The largest absolute Gasteiger partial charge is 0.396 e. The number of likely N-dealkylation sites (N-methyl/N-ethyl adjacent to an activating group) is 1. The molecule has 1 fully saturated rings. The number of carbonyl (C=O) groups excluding carboxylic acids is 1. The number of unbranched alkanes of at least 4 members (excludes halogenated alkanes) is 1. The molecule has 0 bridgehead atoms. The lowest BCUT2D eigenvalue weighted by molar-refractivity contribution is 0.196. The van der Waals surface area contributed by atoms with Crippen LogP contribution in [0.25, 0.3) is 0 Å². The molecular weight excluding hydrogens is 156 g/mol. The summed E-state index contributed by atoms with van der Waals surface area (Å²) in [5.41, 5.74) is 0. The van der Waals surface area contributed by atoms with E-state index in [1.165, 1.54) is 0 Å². The number of urea groups is 1. The maximum atomic E-state index is 11.3. The van der Waals surface area contributed by atoms with E-state index in [0.29, 0.717) is 0 Å². The molecule has 0 radical (unpaired) electrons. The summed E-state index contributed by atoms with van der Waals surface area (Å²) in [5, 5.41) is 8.54. The van der Waals surface area contributed by atoms with Crippen LogP contribution >= 0.6 is 0 Å². The zero-order chi connectivity index (χ0) is 8.97. The number of hydrogen-bond donors (Lipinski definition) is 1. The number of hydrogen-bond acceptors (Lipinski definition) is 2. The molecule has 1 N–H and O–H groups in total. The van der Waals surface area contributed by atoms with Crippen LogP contribution < -0.4 is 0 Å². The lowest BCUT2D eigenvalue weighted by Gasteiger charge is -2.14. The molecule has 4 heteroatoms. The minimum Gasteiger partial charge on any atom is -0.396 e. The molecule has 0 saturated carbocycles. The molecule has 0 unspecified atom stereocenters. The molecule has 4 nitrogen and oxygen atoms in total. The number of aliphatic hydroxyl groups is 1. The van der Waals surface area contributed by atoms with Crippen LogP contribution in [-0.4, -0.2) is 54.2 Å². The highest BCUT2D eigenvalue weighted by Crippen LogP contribution is 2.06. The highest BCUT2D eigenvalue weighted by Gasteiger charge is 2.23. The third kappa shape index (κ3) is 2.11. The first kappa shape index (κ1) is 9.32. The molecule has 1 heterocycles. The maximum Gasteiger partial charge on any atom is 0.319 e. The SMILES string of the molecule is CN1CCN(CCCCO)C1=O. The Kier molecular flexibility index (Phi) is 3.34. The van der Waals surface area contributed by atoms with Crippen molar-refractivity contribution in [2.45, 2.75) is 12.8 Å². The van der Waals surface area contributed by atoms with E-state index in [0.717, 1.165) is 32.5 Å². The second kappa shape index (κ2) is 4.30. The summed E-state index contributed by atoms with van der Waals surface area (Å²) in [4.78, 5) is 14.8. The first-order chi connectivity index (χ1) is 5.75. The number of amides is 2. The molecule has 0 aliphatic carbocycles. The molecule has 0 aromatic carbocycles. The van der Waals surface area contributed by atoms with Gasteiger partial charge in [-0.2, -0.15) is 0 Å². The van der Waals surface area contributed by atoms with E-state index in [2.05, 4.69) is 0 Å². The Balaban J connectivity index is 2.20. The predicted octanol–water partition coefficient (Wildman–Crippen LogP) is 0.126. The summed E-state index contributed by atoms with van der Waals surface area (Å²) in [5.74, 6) is 0. The van der Waals surface area contributed by atoms with Crippen LogP contribution in [0.4, 0.5) is 4.79 Å². The van der Waals surface area contributed by atoms with E-state index in [4.69, 9.17) is 5.11 Å². The fourth-order valence-corrected chi connectivity index (χ4v) is 1.33. The molecule has 1 saturated heterocycles. The van der Waals surface area contributed by atoms with Gasteiger partial charge in [-0.05, 0) is 12.8 Å². The van der Waals surface area contributed by atoms with Gasteiger partial charge in [-0.25, -0.2) is 4.79 Å². The first-order valence-corrected chi connectivity index (χ1v) is 4.36. The van der Waals surface area contributed by atoms with Crippen molar-refractivity contribution in [2.75, 3.05) is 33.3 Å². The molecule has 70 valence electrons. The number of aliphatic hydroxyl groups excluding tert-OH is 1. The van der Waals surface area contributed by atoms with Crippen LogP contribution in [0, 0.1) is 0 Å². The summed E-state index contributed by atoms with van der Waals surface area (Å²) < 4.78 is 0. The van der Waals surface area contributed by atoms with Crippen LogP contribution in [0.5, 0.6) is 0 Å². The standard InChI is InChI=1S/C8H16N2O2/c1-9-5-6-10(8(9)12)4-2-3-7-11/h11H,2-7H2,1H3. The quantitative estimate of drug-likeness (QED) is 0.612. The van der Waals surface area contributed by atoms with Gasteiger partial charge < -0.3 is 14.9 Å². The van der Waals surface area contributed by atoms with Crippen molar-refractivity contribution in [3.63, 3.8) is 0 Å². The normalized spacial score (nSPS) is 17.7. The lowest BCUT2D eigenvalue weighted by Crippen LogP contribution is -2.30. The second-order valence-electron chi connectivity index (χ2n) is 3.12. The van der Waals surface area contributed by atoms with E-state index < -0.39 is 0 Å². The predicted molar refractivity (Wildman–Crippen MR) is 45.9 cm³/mol. The minimum atomic E-state index is 0.118. The van der Waals surface area contributed by atoms with Crippen molar-refractivity contribution in [1.82, 2.24) is 9.80 Å². The zero-order valence-electron chi connectivity index (χ0n) is 7.49. The minimum absolute atomic E-state index is 0.118. The highest BCUT2D eigenvalue weighted by molar-refractivity contribution is 5.76. The van der Waals surface area contributed by atoms with Gasteiger partial charge >= 0.3 is 6.03 Å². The van der Waals surface area contributed by atoms with Crippen molar-refractivity contribution in [1.29, 1.82) is 0 Å². The third-order valence-corrected chi connectivity index (χ3v) is 2.14. The summed E-state index contributed by atoms with van der Waals surface area (Å²) >= 11 is 0. The third-order valence-electron chi connectivity index (χ3n) is 2.14. The van der Waals surface area contributed by atoms with Crippen molar-refractivity contribution in [2.24, 2.45) is 0 Å². The molecule has 12 heavy (non-hydrogen) atoms. The Morgan fingerprint density at radius 2 is 2.17 bits per heavy atom. The summed E-state index contributed by atoms with van der Waals surface area (Å²) in [6.07, 6.45) is 1.68. The summed E-state index contributed by atoms with van der Waals surface area (Å²) in [7, 11) is 1.81. The van der Waals surface area contributed by atoms with Gasteiger partial charge in [-0.1, -0.05) is 0 Å². The van der Waals surface area contributed by atoms with Gasteiger partial charge in [0.15, 0.2) is 0 Å². The monoisotopic (exact) mass is 172 g/mol. The van der Waals surface area contributed by atoms with E-state index >= 15 is 0 Å². The van der Waals surface area contributed by atoms with Crippen molar-refractivity contribution < 1.29 is 9.90 Å². The van der Waals surface area contributed by atoms with E-state index in [1.54, 1.807) is 4.90 Å². The number of nitrogens with zero attached hydrogens (tertiary/aromatic N) is 2. The molecular formula is C8H16N2O2. The van der Waals surface area contributed by atoms with Gasteiger partial charge in [-0.3, -0.25) is 0 Å². The molecule has 1 rings (SSSR count). The van der Waals surface area contributed by atoms with E-state index in [1.807, 2.05) is 11.9 Å². The van der Waals surface area contributed by atoms with E-state index in [-0.39, 0.29) is 12.6 Å². The average molecular weight is 172 g/mol. The summed E-state index contributed by atoms with van der Waals surface area (Å²) in [6.45, 7) is 2.67. The Morgan fingerprint density at radius 1 is 1.42 bits per heavy atom. The molecule has 0 aromatic heterocycles. The topological polar surface area (TPSA) is 43.8 Å². The first-order valence-electron chi connectivity index (χ1n) is 4.36. The Morgan fingerprint density at radius 3 is 2.67 bits per heavy atom. The van der Waals surface area contributed by atoms with E-state index in [9.17, 15) is 4.79 Å². The fraction of sp³-hybridized carbons (Fsp3) is 0.875. The summed E-state index contributed by atoms with van der Waals surface area (Å²) in [6, 6.07) is 0.118. The molecule has 0 aromatic rings. The highest BCUT2D eigenvalue weighted by atomic mass is 16.3. The Bertz CT molecular complexity index is 161. The van der Waals surface area contributed by atoms with Crippen LogP contribution in [0.1, 0.15) is 12.8 Å². The maximum absolute atomic E-state index is 11.3. The van der Waals surface area contributed by atoms with Crippen LogP contribution in [0.15, 0.2) is 0 Å². The number of rotatable bonds is 4. The average Bonchev–Trinajstić information content (AvgIpc) is 2.36. The van der Waals surface area contributed by atoms with Gasteiger partial charge in [0, 0.05) is 33.3 Å². The van der Waals surface area contributed by atoms with Gasteiger partial charge in [0.1, 0.15) is 0 Å². The zero-order valence-corrected chi connectivity index (χ0v) is 7.49. The number of carbonyl (C=O) groups is 1. The van der Waals surface area contributed by atoms with Crippen LogP contribution in [0.3, 0.4) is 0 Å². The fourth-order valence-electron chi connectivity index (χ4n) is 1.33. The second-order valence-corrected chi connectivity index (χ2v) is 3.12. The molecule has 2 amide bonds. The van der Waals surface area contributed by atoms with Gasteiger partial charge in [0.2, 0.25) is 0 Å².